The lowest BCUT2D eigenvalue weighted by molar-refractivity contribution is 0.0902. The predicted octanol–water partition coefficient (Wildman–Crippen LogP) is 3.77. The number of rotatable bonds is 4. The number of nitrogens with two attached hydrogens (primary N) is 1. The Balaban J connectivity index is 0.00000144. The third-order valence-electron chi connectivity index (χ3n) is 3.81. The van der Waals surface area contributed by atoms with Gasteiger partial charge in [0.25, 0.3) is 0 Å². The summed E-state index contributed by atoms with van der Waals surface area (Å²) in [5.41, 5.74) is 8.08. The van der Waals surface area contributed by atoms with Gasteiger partial charge in [-0.2, -0.15) is 5.10 Å². The first-order valence-electron chi connectivity index (χ1n) is 6.91. The fraction of sp³-hybridized carbons (Fsp3) is 0.118. The van der Waals surface area contributed by atoms with Crippen molar-refractivity contribution < 1.29 is 5.11 Å². The highest BCUT2D eigenvalue weighted by Gasteiger charge is 2.29. The van der Waals surface area contributed by atoms with Gasteiger partial charge in [0, 0.05) is 23.3 Å². The van der Waals surface area contributed by atoms with Gasteiger partial charge in [-0.1, -0.05) is 48.0 Å². The third-order valence-corrected chi connectivity index (χ3v) is 4.06. The van der Waals surface area contributed by atoms with E-state index < -0.39 is 5.60 Å². The summed E-state index contributed by atoms with van der Waals surface area (Å²) >= 11 is 5.91. The summed E-state index contributed by atoms with van der Waals surface area (Å²) < 4.78 is 0. The van der Waals surface area contributed by atoms with Crippen molar-refractivity contribution in [3.63, 3.8) is 0 Å². The fourth-order valence-corrected chi connectivity index (χ4v) is 2.60. The molecule has 0 saturated carbocycles. The normalized spacial score (nSPS) is 12.6. The van der Waals surface area contributed by atoms with E-state index in [9.17, 15) is 5.11 Å². The number of aromatic amines is 1. The number of hydrogen-bond donors (Lipinski definition) is 3. The number of halogens is 3. The monoisotopic (exact) mass is 385 g/mol. The second kappa shape index (κ2) is 8.51. The van der Waals surface area contributed by atoms with Crippen molar-refractivity contribution in [3.05, 3.63) is 77.1 Å². The van der Waals surface area contributed by atoms with Gasteiger partial charge in [-0.15, -0.1) is 24.8 Å². The Kier molecular flexibility index (Phi) is 7.27. The summed E-state index contributed by atoms with van der Waals surface area (Å²) in [7, 11) is 0. The van der Waals surface area contributed by atoms with Gasteiger partial charge in [0.1, 0.15) is 5.60 Å². The predicted molar refractivity (Wildman–Crippen MR) is 102 cm³/mol. The summed E-state index contributed by atoms with van der Waals surface area (Å²) in [6.07, 6.45) is 3.58. The van der Waals surface area contributed by atoms with Crippen LogP contribution in [0.2, 0.25) is 5.02 Å². The molecule has 0 saturated heterocycles. The molecule has 1 aromatic heterocycles. The molecule has 0 amide bonds. The van der Waals surface area contributed by atoms with Gasteiger partial charge in [-0.25, -0.2) is 0 Å². The van der Waals surface area contributed by atoms with Crippen LogP contribution in [0.1, 0.15) is 11.1 Å². The first-order chi connectivity index (χ1) is 10.6. The highest BCUT2D eigenvalue weighted by Crippen LogP contribution is 2.31. The Morgan fingerprint density at radius 2 is 1.50 bits per heavy atom. The number of nitrogens with one attached hydrogen (secondary N) is 1. The lowest BCUT2D eigenvalue weighted by atomic mass is 9.86. The van der Waals surface area contributed by atoms with Crippen LogP contribution < -0.4 is 5.73 Å². The molecule has 0 spiro atoms. The van der Waals surface area contributed by atoms with Crippen molar-refractivity contribution in [3.8, 4) is 11.1 Å². The summed E-state index contributed by atoms with van der Waals surface area (Å²) in [5.74, 6) is 0. The highest BCUT2D eigenvalue weighted by atomic mass is 35.5. The lowest BCUT2D eigenvalue weighted by Gasteiger charge is -2.28. The Morgan fingerprint density at radius 3 is 1.96 bits per heavy atom. The summed E-state index contributed by atoms with van der Waals surface area (Å²) in [4.78, 5) is 0. The molecule has 0 bridgehead atoms. The first-order valence-corrected chi connectivity index (χ1v) is 7.29. The largest absolute Gasteiger partial charge is 0.379 e. The van der Waals surface area contributed by atoms with Crippen LogP contribution >= 0.6 is 36.4 Å². The summed E-state index contributed by atoms with van der Waals surface area (Å²) in [6.45, 7) is 0.0830. The van der Waals surface area contributed by atoms with E-state index in [2.05, 4.69) is 10.2 Å². The third kappa shape index (κ3) is 3.91. The SMILES string of the molecule is Cl.Cl.NCC(O)(c1ccc(Cl)cc1)c1ccc(-c2cn[nH]c2)cc1. The van der Waals surface area contributed by atoms with E-state index in [1.54, 1.807) is 30.5 Å². The molecule has 0 fully saturated rings. The van der Waals surface area contributed by atoms with Crippen LogP contribution in [-0.2, 0) is 5.60 Å². The van der Waals surface area contributed by atoms with Crippen LogP contribution in [0.5, 0.6) is 0 Å². The molecule has 4 nitrogen and oxygen atoms in total. The molecule has 1 heterocycles. The molecule has 0 radical (unpaired) electrons. The minimum atomic E-state index is -1.24. The number of H-pyrrole nitrogens is 1. The van der Waals surface area contributed by atoms with Crippen molar-refractivity contribution >= 4 is 36.4 Å². The van der Waals surface area contributed by atoms with Crippen LogP contribution in [0.25, 0.3) is 11.1 Å². The van der Waals surface area contributed by atoms with Gasteiger partial charge in [-0.3, -0.25) is 5.10 Å². The number of aliphatic hydroxyl groups is 1. The molecular weight excluding hydrogens is 369 g/mol. The number of nitrogens with zero attached hydrogens (tertiary/aromatic N) is 1. The van der Waals surface area contributed by atoms with Gasteiger partial charge >= 0.3 is 0 Å². The van der Waals surface area contributed by atoms with E-state index in [0.717, 1.165) is 22.3 Å². The van der Waals surface area contributed by atoms with Crippen molar-refractivity contribution in [1.82, 2.24) is 10.2 Å². The van der Waals surface area contributed by atoms with Crippen LogP contribution in [0.3, 0.4) is 0 Å². The quantitative estimate of drug-likeness (QED) is 0.639. The average molecular weight is 387 g/mol. The smallest absolute Gasteiger partial charge is 0.127 e. The molecule has 0 aliphatic heterocycles. The second-order valence-corrected chi connectivity index (χ2v) is 5.57. The van der Waals surface area contributed by atoms with Gasteiger partial charge in [0.15, 0.2) is 0 Å². The maximum atomic E-state index is 11.0. The molecule has 0 aliphatic rings. The maximum absolute atomic E-state index is 11.0. The summed E-state index contributed by atoms with van der Waals surface area (Å²) in [6, 6.07) is 14.7. The molecule has 128 valence electrons. The Hall–Kier alpha value is -1.56. The Bertz CT molecular complexity index is 746. The zero-order valence-corrected chi connectivity index (χ0v) is 15.0. The average Bonchev–Trinajstić information content (AvgIpc) is 3.09. The lowest BCUT2D eigenvalue weighted by Crippen LogP contribution is -2.36. The van der Waals surface area contributed by atoms with Crippen LogP contribution in [-0.4, -0.2) is 21.8 Å². The van der Waals surface area contributed by atoms with Crippen molar-refractivity contribution in [1.29, 1.82) is 0 Å². The maximum Gasteiger partial charge on any atom is 0.127 e. The molecule has 7 heteroatoms. The molecule has 0 aliphatic carbocycles. The molecule has 1 unspecified atom stereocenters. The zero-order valence-electron chi connectivity index (χ0n) is 12.6. The number of benzene rings is 2. The molecule has 1 atom stereocenters. The van der Waals surface area contributed by atoms with Gasteiger partial charge in [0.2, 0.25) is 0 Å². The topological polar surface area (TPSA) is 74.9 Å². The second-order valence-electron chi connectivity index (χ2n) is 5.14. The zero-order chi connectivity index (χ0) is 15.6. The number of hydrogen-bond acceptors (Lipinski definition) is 3. The molecule has 2 aromatic carbocycles. The molecular formula is C17H18Cl3N3O. The molecule has 3 rings (SSSR count). The van der Waals surface area contributed by atoms with E-state index in [0.29, 0.717) is 5.02 Å². The van der Waals surface area contributed by atoms with Crippen molar-refractivity contribution in [2.24, 2.45) is 5.73 Å². The summed E-state index contributed by atoms with van der Waals surface area (Å²) in [5, 5.41) is 18.3. The van der Waals surface area contributed by atoms with E-state index in [-0.39, 0.29) is 31.4 Å². The van der Waals surface area contributed by atoms with Crippen molar-refractivity contribution in [2.75, 3.05) is 6.54 Å². The fourth-order valence-electron chi connectivity index (χ4n) is 2.48. The highest BCUT2D eigenvalue weighted by molar-refractivity contribution is 6.30. The van der Waals surface area contributed by atoms with Gasteiger partial charge in [-0.05, 0) is 28.8 Å². The van der Waals surface area contributed by atoms with E-state index in [1.165, 1.54) is 0 Å². The minimum absolute atomic E-state index is 0. The van der Waals surface area contributed by atoms with Crippen LogP contribution in [0.4, 0.5) is 0 Å². The standard InChI is InChI=1S/C17H16ClN3O.2ClH/c18-16-7-5-15(6-8-16)17(22,11-19)14-3-1-12(2-4-14)13-9-20-21-10-13;;/h1-10,22H,11,19H2,(H,20,21);2*1H. The molecule has 24 heavy (non-hydrogen) atoms. The Morgan fingerprint density at radius 1 is 0.958 bits per heavy atom. The van der Waals surface area contributed by atoms with Gasteiger partial charge < -0.3 is 10.8 Å². The van der Waals surface area contributed by atoms with E-state index >= 15 is 0 Å². The van der Waals surface area contributed by atoms with Crippen molar-refractivity contribution in [2.45, 2.75) is 5.60 Å². The number of aromatic nitrogens is 2. The van der Waals surface area contributed by atoms with E-state index in [1.807, 2.05) is 30.5 Å². The van der Waals surface area contributed by atoms with Crippen LogP contribution in [0, 0.1) is 0 Å². The molecule has 3 aromatic rings. The Labute approximate surface area is 157 Å². The van der Waals surface area contributed by atoms with Gasteiger partial charge in [0.05, 0.1) is 6.20 Å². The van der Waals surface area contributed by atoms with E-state index in [4.69, 9.17) is 17.3 Å². The minimum Gasteiger partial charge on any atom is -0.379 e. The first kappa shape index (κ1) is 20.5. The molecule has 4 N–H and O–H groups in total. The van der Waals surface area contributed by atoms with Crippen LogP contribution in [0.15, 0.2) is 60.9 Å².